The fraction of sp³-hybridized carbons (Fsp3) is 0.647. The molecule has 1 aromatic carbocycles. The second kappa shape index (κ2) is 11.2. The Morgan fingerprint density at radius 1 is 0.842 bits per heavy atom. The Labute approximate surface area is 123 Å². The number of ether oxygens (including phenoxy) is 1. The van der Waals surface area contributed by atoms with Crippen molar-refractivity contribution in [3.63, 3.8) is 0 Å². The highest BCUT2D eigenvalue weighted by Gasteiger charge is 1.95. The van der Waals surface area contributed by atoms with E-state index in [1.54, 1.807) is 0 Å². The van der Waals surface area contributed by atoms with Gasteiger partial charge in [0.1, 0.15) is 5.75 Å². The van der Waals surface area contributed by atoms with Gasteiger partial charge in [0.05, 0.1) is 6.61 Å². The highest BCUT2D eigenvalue weighted by molar-refractivity contribution is 6.17. The minimum Gasteiger partial charge on any atom is -0.494 e. The molecule has 1 aromatic rings. The van der Waals surface area contributed by atoms with Crippen molar-refractivity contribution >= 4 is 11.6 Å². The van der Waals surface area contributed by atoms with E-state index in [1.165, 1.54) is 44.9 Å². The van der Waals surface area contributed by atoms with Gasteiger partial charge in [-0.1, -0.05) is 64.0 Å². The van der Waals surface area contributed by atoms with Crippen molar-refractivity contribution in [3.05, 3.63) is 29.8 Å². The van der Waals surface area contributed by atoms with Crippen LogP contribution in [0, 0.1) is 0 Å². The molecule has 0 atom stereocenters. The van der Waals surface area contributed by atoms with Crippen LogP contribution >= 0.6 is 11.6 Å². The van der Waals surface area contributed by atoms with Gasteiger partial charge in [-0.25, -0.2) is 0 Å². The molecule has 0 fully saturated rings. The molecule has 0 saturated carbocycles. The van der Waals surface area contributed by atoms with Crippen LogP contribution in [-0.2, 0) is 5.88 Å². The fourth-order valence-corrected chi connectivity index (χ4v) is 2.28. The molecular formula is C17H27ClO. The van der Waals surface area contributed by atoms with Gasteiger partial charge >= 0.3 is 0 Å². The van der Waals surface area contributed by atoms with E-state index in [9.17, 15) is 0 Å². The molecule has 0 radical (unpaired) electrons. The third-order valence-corrected chi connectivity index (χ3v) is 3.65. The number of hydrogen-bond acceptors (Lipinski definition) is 1. The molecule has 2 heteroatoms. The van der Waals surface area contributed by atoms with Crippen molar-refractivity contribution in [2.75, 3.05) is 6.61 Å². The van der Waals surface area contributed by atoms with Crippen LogP contribution in [0.25, 0.3) is 0 Å². The third-order valence-electron chi connectivity index (χ3n) is 3.34. The highest BCUT2D eigenvalue weighted by atomic mass is 35.5. The van der Waals surface area contributed by atoms with E-state index in [-0.39, 0.29) is 0 Å². The Kier molecular flexibility index (Phi) is 9.61. The fourth-order valence-electron chi connectivity index (χ4n) is 2.10. The van der Waals surface area contributed by atoms with Gasteiger partial charge in [0.15, 0.2) is 0 Å². The first-order valence-electron chi connectivity index (χ1n) is 7.64. The molecule has 0 aromatic heterocycles. The molecule has 108 valence electrons. The van der Waals surface area contributed by atoms with Gasteiger partial charge in [-0.2, -0.15) is 0 Å². The largest absolute Gasteiger partial charge is 0.494 e. The summed E-state index contributed by atoms with van der Waals surface area (Å²) >= 11 is 5.75. The standard InChI is InChI=1S/C17H27ClO/c1-2-3-4-5-6-7-8-9-14-19-17-12-10-16(15-18)11-13-17/h10-13H,2-9,14-15H2,1H3. The minimum atomic E-state index is 0.568. The summed E-state index contributed by atoms with van der Waals surface area (Å²) in [5, 5.41) is 0. The topological polar surface area (TPSA) is 9.23 Å². The van der Waals surface area contributed by atoms with Crippen LogP contribution in [0.2, 0.25) is 0 Å². The van der Waals surface area contributed by atoms with Crippen LogP contribution in [0.5, 0.6) is 5.75 Å². The SMILES string of the molecule is CCCCCCCCCCOc1ccc(CCl)cc1. The monoisotopic (exact) mass is 282 g/mol. The first-order valence-corrected chi connectivity index (χ1v) is 8.18. The summed E-state index contributed by atoms with van der Waals surface area (Å²) in [7, 11) is 0. The Bertz CT molecular complexity index is 308. The quantitative estimate of drug-likeness (QED) is 0.360. The highest BCUT2D eigenvalue weighted by Crippen LogP contribution is 2.14. The maximum atomic E-state index is 5.75. The van der Waals surface area contributed by atoms with E-state index in [2.05, 4.69) is 6.92 Å². The van der Waals surface area contributed by atoms with E-state index in [0.717, 1.165) is 24.3 Å². The van der Waals surface area contributed by atoms with Crippen molar-refractivity contribution in [1.82, 2.24) is 0 Å². The van der Waals surface area contributed by atoms with Crippen molar-refractivity contribution in [3.8, 4) is 5.75 Å². The summed E-state index contributed by atoms with van der Waals surface area (Å²) in [6, 6.07) is 8.05. The van der Waals surface area contributed by atoms with Crippen LogP contribution in [0.3, 0.4) is 0 Å². The van der Waals surface area contributed by atoms with Crippen LogP contribution in [0.4, 0.5) is 0 Å². The van der Waals surface area contributed by atoms with Crippen LogP contribution in [-0.4, -0.2) is 6.61 Å². The lowest BCUT2D eigenvalue weighted by atomic mass is 10.1. The molecule has 0 heterocycles. The van der Waals surface area contributed by atoms with Crippen molar-refractivity contribution in [1.29, 1.82) is 0 Å². The Balaban J connectivity index is 1.95. The summed E-state index contributed by atoms with van der Waals surface area (Å²) in [5.74, 6) is 1.52. The van der Waals surface area contributed by atoms with Crippen molar-refractivity contribution in [2.24, 2.45) is 0 Å². The molecule has 1 rings (SSSR count). The Hall–Kier alpha value is -0.690. The maximum absolute atomic E-state index is 5.75. The molecule has 0 bridgehead atoms. The molecule has 0 amide bonds. The summed E-state index contributed by atoms with van der Waals surface area (Å²) in [4.78, 5) is 0. The molecule has 0 spiro atoms. The first kappa shape index (κ1) is 16.4. The van der Waals surface area contributed by atoms with E-state index < -0.39 is 0 Å². The normalized spacial score (nSPS) is 10.6. The minimum absolute atomic E-state index is 0.568. The van der Waals surface area contributed by atoms with Crippen LogP contribution in [0.1, 0.15) is 63.9 Å². The zero-order valence-electron chi connectivity index (χ0n) is 12.2. The lowest BCUT2D eigenvalue weighted by Gasteiger charge is -2.06. The van der Waals surface area contributed by atoms with Gasteiger partial charge < -0.3 is 4.74 Å². The van der Waals surface area contributed by atoms with Gasteiger partial charge in [-0.05, 0) is 24.1 Å². The third kappa shape index (κ3) is 8.15. The van der Waals surface area contributed by atoms with Crippen LogP contribution in [0.15, 0.2) is 24.3 Å². The van der Waals surface area contributed by atoms with Crippen molar-refractivity contribution in [2.45, 2.75) is 64.2 Å². The molecule has 19 heavy (non-hydrogen) atoms. The zero-order valence-corrected chi connectivity index (χ0v) is 12.9. The number of alkyl halides is 1. The number of unbranched alkanes of at least 4 members (excludes halogenated alkanes) is 7. The lowest BCUT2D eigenvalue weighted by molar-refractivity contribution is 0.304. The number of rotatable bonds is 11. The summed E-state index contributed by atoms with van der Waals surface area (Å²) in [6.07, 6.45) is 10.7. The molecular weight excluding hydrogens is 256 g/mol. The molecule has 0 unspecified atom stereocenters. The predicted molar refractivity (Wildman–Crippen MR) is 84.1 cm³/mol. The van der Waals surface area contributed by atoms with E-state index in [1.807, 2.05) is 24.3 Å². The lowest BCUT2D eigenvalue weighted by Crippen LogP contribution is -1.97. The smallest absolute Gasteiger partial charge is 0.119 e. The molecule has 0 aliphatic rings. The van der Waals surface area contributed by atoms with E-state index in [4.69, 9.17) is 16.3 Å². The molecule has 1 nitrogen and oxygen atoms in total. The second-order valence-electron chi connectivity index (χ2n) is 5.10. The zero-order chi connectivity index (χ0) is 13.8. The van der Waals surface area contributed by atoms with Gasteiger partial charge in [-0.15, -0.1) is 11.6 Å². The average molecular weight is 283 g/mol. The predicted octanol–water partition coefficient (Wildman–Crippen LogP) is 5.94. The summed E-state index contributed by atoms with van der Waals surface area (Å²) < 4.78 is 5.71. The summed E-state index contributed by atoms with van der Waals surface area (Å²) in [5.41, 5.74) is 1.14. The van der Waals surface area contributed by atoms with Gasteiger partial charge in [0.2, 0.25) is 0 Å². The maximum Gasteiger partial charge on any atom is 0.119 e. The Morgan fingerprint density at radius 2 is 1.42 bits per heavy atom. The number of hydrogen-bond donors (Lipinski definition) is 0. The first-order chi connectivity index (χ1) is 9.36. The Morgan fingerprint density at radius 3 is 2.00 bits per heavy atom. The van der Waals surface area contributed by atoms with Crippen molar-refractivity contribution < 1.29 is 4.74 Å². The van der Waals surface area contributed by atoms with Gasteiger partial charge in [0, 0.05) is 5.88 Å². The average Bonchev–Trinajstić information content (AvgIpc) is 2.46. The van der Waals surface area contributed by atoms with Gasteiger partial charge in [-0.3, -0.25) is 0 Å². The van der Waals surface area contributed by atoms with E-state index in [0.29, 0.717) is 5.88 Å². The number of benzene rings is 1. The van der Waals surface area contributed by atoms with Crippen LogP contribution < -0.4 is 4.74 Å². The molecule has 0 aliphatic heterocycles. The summed E-state index contributed by atoms with van der Waals surface area (Å²) in [6.45, 7) is 3.09. The van der Waals surface area contributed by atoms with E-state index >= 15 is 0 Å². The number of halogens is 1. The van der Waals surface area contributed by atoms with Gasteiger partial charge in [0.25, 0.3) is 0 Å². The molecule has 0 aliphatic carbocycles. The molecule has 0 saturated heterocycles. The molecule has 0 N–H and O–H groups in total. The second-order valence-corrected chi connectivity index (χ2v) is 5.37.